The monoisotopic (exact) mass is 217 g/mol. The Morgan fingerprint density at radius 3 is 1.53 bits per heavy atom. The normalized spacial score (nSPS) is 35.0. The highest BCUT2D eigenvalue weighted by molar-refractivity contribution is 5.86. The van der Waals surface area contributed by atoms with E-state index in [2.05, 4.69) is 0 Å². The van der Waals surface area contributed by atoms with Gasteiger partial charge in [-0.15, -0.1) is 0 Å². The molecule has 0 aromatic heterocycles. The molecular formula is C8H11NO6. The Morgan fingerprint density at radius 1 is 1.00 bits per heavy atom. The summed E-state index contributed by atoms with van der Waals surface area (Å²) in [6, 6.07) is 0. The van der Waals surface area contributed by atoms with Gasteiger partial charge in [-0.3, -0.25) is 14.4 Å². The molecule has 3 atom stereocenters. The fourth-order valence-electron chi connectivity index (χ4n) is 1.85. The van der Waals surface area contributed by atoms with Crippen LogP contribution in [0.4, 0.5) is 0 Å². The van der Waals surface area contributed by atoms with E-state index in [1.165, 1.54) is 0 Å². The highest BCUT2D eigenvalue weighted by atomic mass is 16.4. The average molecular weight is 217 g/mol. The van der Waals surface area contributed by atoms with Crippen molar-refractivity contribution in [1.29, 1.82) is 0 Å². The molecule has 1 aliphatic rings. The molecule has 5 N–H and O–H groups in total. The van der Waals surface area contributed by atoms with Gasteiger partial charge in [0.05, 0.1) is 11.8 Å². The number of carboxylic acid groups (broad SMARTS) is 3. The molecule has 0 unspecified atom stereocenters. The standard InChI is InChI=1S/C8H11NO6/c9-8(7(14)15)1-3(5(10)11)4(2-8)6(12)13/h3-4H,1-2,9H2,(H,10,11)(H,12,13)(H,14,15)/t3-,4+,8-. The van der Waals surface area contributed by atoms with Crippen LogP contribution in [0.15, 0.2) is 0 Å². The first kappa shape index (κ1) is 11.4. The van der Waals surface area contributed by atoms with Crippen LogP contribution in [0.3, 0.4) is 0 Å². The molecule has 0 aliphatic heterocycles. The molecule has 1 fully saturated rings. The topological polar surface area (TPSA) is 138 Å². The van der Waals surface area contributed by atoms with E-state index in [0.29, 0.717) is 0 Å². The van der Waals surface area contributed by atoms with Gasteiger partial charge in [-0.25, -0.2) is 0 Å². The molecule has 1 rings (SSSR count). The van der Waals surface area contributed by atoms with Crippen molar-refractivity contribution in [1.82, 2.24) is 0 Å². The zero-order chi connectivity index (χ0) is 11.8. The lowest BCUT2D eigenvalue weighted by molar-refractivity contribution is -0.152. The van der Waals surface area contributed by atoms with Crippen LogP contribution in [0.5, 0.6) is 0 Å². The number of hydrogen-bond donors (Lipinski definition) is 4. The lowest BCUT2D eigenvalue weighted by Gasteiger charge is -2.16. The Labute approximate surface area is 84.5 Å². The van der Waals surface area contributed by atoms with Gasteiger partial charge < -0.3 is 21.1 Å². The highest BCUT2D eigenvalue weighted by Crippen LogP contribution is 2.38. The van der Waals surface area contributed by atoms with Gasteiger partial charge in [-0.05, 0) is 12.8 Å². The fourth-order valence-corrected chi connectivity index (χ4v) is 1.85. The summed E-state index contributed by atoms with van der Waals surface area (Å²) in [5, 5.41) is 26.2. The maximum Gasteiger partial charge on any atom is 0.323 e. The third-order valence-electron chi connectivity index (χ3n) is 2.71. The maximum absolute atomic E-state index is 10.7. The number of carboxylic acids is 3. The number of rotatable bonds is 3. The molecule has 15 heavy (non-hydrogen) atoms. The van der Waals surface area contributed by atoms with Crippen molar-refractivity contribution in [2.75, 3.05) is 0 Å². The van der Waals surface area contributed by atoms with E-state index in [4.69, 9.17) is 21.1 Å². The summed E-state index contributed by atoms with van der Waals surface area (Å²) in [7, 11) is 0. The Bertz CT molecular complexity index is 303. The molecule has 0 amide bonds. The van der Waals surface area contributed by atoms with E-state index in [1.807, 2.05) is 0 Å². The molecule has 84 valence electrons. The maximum atomic E-state index is 10.7. The number of aliphatic carboxylic acids is 3. The number of carbonyl (C=O) groups is 3. The third-order valence-corrected chi connectivity index (χ3v) is 2.71. The second-order valence-corrected chi connectivity index (χ2v) is 3.76. The summed E-state index contributed by atoms with van der Waals surface area (Å²) in [6.07, 6.45) is -0.705. The van der Waals surface area contributed by atoms with Gasteiger partial charge in [0.1, 0.15) is 5.54 Å². The average Bonchev–Trinajstić information content (AvgIpc) is 2.45. The Morgan fingerprint density at radius 2 is 1.33 bits per heavy atom. The third kappa shape index (κ3) is 1.91. The summed E-state index contributed by atoms with van der Waals surface area (Å²) in [6.45, 7) is 0. The number of hydrogen-bond acceptors (Lipinski definition) is 4. The first-order valence-electron chi connectivity index (χ1n) is 4.26. The second-order valence-electron chi connectivity index (χ2n) is 3.76. The van der Waals surface area contributed by atoms with Crippen molar-refractivity contribution in [2.24, 2.45) is 17.6 Å². The quantitative estimate of drug-likeness (QED) is 0.473. The van der Waals surface area contributed by atoms with Crippen LogP contribution in [0, 0.1) is 11.8 Å². The van der Waals surface area contributed by atoms with E-state index in [-0.39, 0.29) is 12.8 Å². The van der Waals surface area contributed by atoms with Crippen LogP contribution in [-0.4, -0.2) is 38.8 Å². The van der Waals surface area contributed by atoms with Gasteiger partial charge in [0.25, 0.3) is 0 Å². The van der Waals surface area contributed by atoms with Gasteiger partial charge in [0.15, 0.2) is 0 Å². The van der Waals surface area contributed by atoms with Crippen LogP contribution in [-0.2, 0) is 14.4 Å². The first-order valence-corrected chi connectivity index (χ1v) is 4.26. The molecular weight excluding hydrogens is 206 g/mol. The lowest BCUT2D eigenvalue weighted by Crippen LogP contribution is -2.46. The molecule has 7 heteroatoms. The minimum atomic E-state index is -1.74. The van der Waals surface area contributed by atoms with Crippen molar-refractivity contribution in [3.63, 3.8) is 0 Å². The van der Waals surface area contributed by atoms with Crippen molar-refractivity contribution in [3.8, 4) is 0 Å². The van der Waals surface area contributed by atoms with E-state index < -0.39 is 35.3 Å². The predicted octanol–water partition coefficient (Wildman–Crippen LogP) is -1.04. The molecule has 1 aliphatic carbocycles. The molecule has 7 nitrogen and oxygen atoms in total. The molecule has 0 spiro atoms. The Balaban J connectivity index is 2.97. The van der Waals surface area contributed by atoms with Crippen LogP contribution in [0.25, 0.3) is 0 Å². The molecule has 1 saturated carbocycles. The van der Waals surface area contributed by atoms with Crippen molar-refractivity contribution < 1.29 is 29.7 Å². The van der Waals surface area contributed by atoms with E-state index >= 15 is 0 Å². The predicted molar refractivity (Wildman–Crippen MR) is 46.0 cm³/mol. The van der Waals surface area contributed by atoms with Gasteiger partial charge in [0.2, 0.25) is 0 Å². The van der Waals surface area contributed by atoms with Gasteiger partial charge in [-0.1, -0.05) is 0 Å². The van der Waals surface area contributed by atoms with Crippen LogP contribution < -0.4 is 5.73 Å². The minimum Gasteiger partial charge on any atom is -0.481 e. The molecule has 0 radical (unpaired) electrons. The highest BCUT2D eigenvalue weighted by Gasteiger charge is 2.53. The largest absolute Gasteiger partial charge is 0.481 e. The van der Waals surface area contributed by atoms with Gasteiger partial charge >= 0.3 is 17.9 Å². The summed E-state index contributed by atoms with van der Waals surface area (Å²) >= 11 is 0. The minimum absolute atomic E-state index is 0.353. The van der Waals surface area contributed by atoms with E-state index in [1.54, 1.807) is 0 Å². The molecule has 0 aromatic carbocycles. The van der Waals surface area contributed by atoms with Crippen molar-refractivity contribution >= 4 is 17.9 Å². The fraction of sp³-hybridized carbons (Fsp3) is 0.625. The Hall–Kier alpha value is -1.63. The first-order chi connectivity index (χ1) is 6.78. The van der Waals surface area contributed by atoms with E-state index in [0.717, 1.165) is 0 Å². The zero-order valence-electron chi connectivity index (χ0n) is 7.71. The smallest absolute Gasteiger partial charge is 0.323 e. The zero-order valence-corrected chi connectivity index (χ0v) is 7.71. The summed E-state index contributed by atoms with van der Waals surface area (Å²) in [4.78, 5) is 32.2. The van der Waals surface area contributed by atoms with Crippen LogP contribution in [0.1, 0.15) is 12.8 Å². The van der Waals surface area contributed by atoms with Crippen LogP contribution >= 0.6 is 0 Å². The summed E-state index contributed by atoms with van der Waals surface area (Å²) < 4.78 is 0. The second kappa shape index (κ2) is 3.50. The molecule has 0 bridgehead atoms. The van der Waals surface area contributed by atoms with Gasteiger partial charge in [0, 0.05) is 0 Å². The van der Waals surface area contributed by atoms with Crippen molar-refractivity contribution in [2.45, 2.75) is 18.4 Å². The summed E-state index contributed by atoms with van der Waals surface area (Å²) in [5.74, 6) is -6.48. The number of nitrogens with two attached hydrogens (primary N) is 1. The Kier molecular flexibility index (Phi) is 2.67. The van der Waals surface area contributed by atoms with Crippen molar-refractivity contribution in [3.05, 3.63) is 0 Å². The molecule has 0 saturated heterocycles. The van der Waals surface area contributed by atoms with Gasteiger partial charge in [-0.2, -0.15) is 0 Å². The molecule has 0 heterocycles. The summed E-state index contributed by atoms with van der Waals surface area (Å²) in [5.41, 5.74) is 3.69. The molecule has 0 aromatic rings. The SMILES string of the molecule is N[C@@]1(C(=O)O)C[C@H](C(=O)O)[C@H](C(=O)O)C1. The lowest BCUT2D eigenvalue weighted by atomic mass is 9.97. The van der Waals surface area contributed by atoms with Crippen LogP contribution in [0.2, 0.25) is 0 Å². The van der Waals surface area contributed by atoms with E-state index in [9.17, 15) is 14.4 Å².